The Bertz CT molecular complexity index is 727. The lowest BCUT2D eigenvalue weighted by atomic mass is 10.2. The number of thiazole rings is 1. The lowest BCUT2D eigenvalue weighted by Crippen LogP contribution is -2.13. The van der Waals surface area contributed by atoms with Crippen molar-refractivity contribution in [1.82, 2.24) is 4.98 Å². The number of alkyl halides is 2. The third-order valence-electron chi connectivity index (χ3n) is 3.13. The molecule has 1 atom stereocenters. The van der Waals surface area contributed by atoms with E-state index in [9.17, 15) is 17.2 Å². The van der Waals surface area contributed by atoms with Crippen LogP contribution in [0, 0.1) is 6.92 Å². The molecule has 0 aliphatic rings. The highest BCUT2D eigenvalue weighted by molar-refractivity contribution is 7.90. The molecule has 1 heterocycles. The van der Waals surface area contributed by atoms with Crippen LogP contribution in [0.5, 0.6) is 5.75 Å². The average Bonchev–Trinajstić information content (AvgIpc) is 2.82. The number of benzene rings is 1. The number of nitrogens with zero attached hydrogens (tertiary/aromatic N) is 1. The monoisotopic (exact) mass is 347 g/mol. The molecule has 0 unspecified atom stereocenters. The maximum atomic E-state index is 12.4. The molecule has 8 heteroatoms. The zero-order valence-electron chi connectivity index (χ0n) is 12.0. The molecule has 0 aliphatic heterocycles. The van der Waals surface area contributed by atoms with Gasteiger partial charge in [-0.15, -0.1) is 11.3 Å². The molecular formula is C14H15F2NO3S2. The SMILES string of the molecule is Cc1nc(CS(=O)(=O)[C@@H](C)c2ccc(OC(F)F)cc2)cs1. The van der Waals surface area contributed by atoms with E-state index in [4.69, 9.17) is 0 Å². The molecule has 0 saturated carbocycles. The molecule has 1 aromatic heterocycles. The summed E-state index contributed by atoms with van der Waals surface area (Å²) in [5.41, 5.74) is 1.04. The van der Waals surface area contributed by atoms with Gasteiger partial charge in [-0.2, -0.15) is 8.78 Å². The van der Waals surface area contributed by atoms with Gasteiger partial charge in [0.1, 0.15) is 5.75 Å². The summed E-state index contributed by atoms with van der Waals surface area (Å²) in [5.74, 6) is -0.146. The fourth-order valence-corrected chi connectivity index (χ4v) is 4.03. The Hall–Kier alpha value is -1.54. The van der Waals surface area contributed by atoms with E-state index < -0.39 is 21.7 Å². The van der Waals surface area contributed by atoms with Crippen LogP contribution in [-0.4, -0.2) is 20.0 Å². The average molecular weight is 347 g/mol. The van der Waals surface area contributed by atoms with Gasteiger partial charge in [-0.25, -0.2) is 13.4 Å². The van der Waals surface area contributed by atoms with E-state index in [2.05, 4.69) is 9.72 Å². The number of hydrogen-bond donors (Lipinski definition) is 0. The summed E-state index contributed by atoms with van der Waals surface area (Å²) in [6.07, 6.45) is 0. The van der Waals surface area contributed by atoms with Crippen LogP contribution in [0.15, 0.2) is 29.6 Å². The Morgan fingerprint density at radius 3 is 2.41 bits per heavy atom. The summed E-state index contributed by atoms with van der Waals surface area (Å²) in [5, 5.41) is 1.78. The zero-order valence-corrected chi connectivity index (χ0v) is 13.6. The number of halogens is 2. The van der Waals surface area contributed by atoms with Gasteiger partial charge in [0.05, 0.1) is 21.7 Å². The topological polar surface area (TPSA) is 56.3 Å². The first-order valence-electron chi connectivity index (χ1n) is 6.45. The van der Waals surface area contributed by atoms with E-state index >= 15 is 0 Å². The molecule has 0 bridgehead atoms. The highest BCUT2D eigenvalue weighted by atomic mass is 32.2. The molecule has 2 aromatic rings. The van der Waals surface area contributed by atoms with Gasteiger partial charge in [0, 0.05) is 5.38 Å². The molecule has 0 N–H and O–H groups in total. The van der Waals surface area contributed by atoms with Crippen molar-refractivity contribution in [1.29, 1.82) is 0 Å². The number of hydrogen-bond acceptors (Lipinski definition) is 5. The standard InChI is InChI=1S/C14H15F2NO3S2/c1-9(11-3-5-13(6-4-11)20-14(15)16)22(18,19)8-12-7-21-10(2)17-12/h3-7,9,14H,8H2,1-2H3/t9-/m0/s1. The minimum atomic E-state index is -3.43. The number of ether oxygens (including phenoxy) is 1. The predicted octanol–water partition coefficient (Wildman–Crippen LogP) is 3.73. The van der Waals surface area contributed by atoms with Crippen LogP contribution in [0.1, 0.15) is 28.4 Å². The Kier molecular flexibility index (Phi) is 5.12. The normalized spacial score (nSPS) is 13.3. The molecule has 0 aliphatic carbocycles. The van der Waals surface area contributed by atoms with Gasteiger partial charge in [-0.1, -0.05) is 12.1 Å². The van der Waals surface area contributed by atoms with E-state index in [-0.39, 0.29) is 11.5 Å². The summed E-state index contributed by atoms with van der Waals surface area (Å²) >= 11 is 1.40. The summed E-state index contributed by atoms with van der Waals surface area (Å²) in [6, 6.07) is 5.62. The fraction of sp³-hybridized carbons (Fsp3) is 0.357. The third kappa shape index (κ3) is 4.23. The number of rotatable bonds is 6. The summed E-state index contributed by atoms with van der Waals surface area (Å²) in [6.45, 7) is 0.476. The molecule has 0 amide bonds. The third-order valence-corrected chi connectivity index (χ3v) is 6.00. The number of sulfone groups is 1. The highest BCUT2D eigenvalue weighted by Crippen LogP contribution is 2.27. The van der Waals surface area contributed by atoms with E-state index in [1.54, 1.807) is 12.3 Å². The summed E-state index contributed by atoms with van der Waals surface area (Å²) in [4.78, 5) is 4.15. The molecule has 2 rings (SSSR count). The van der Waals surface area contributed by atoms with Crippen LogP contribution in [0.2, 0.25) is 0 Å². The van der Waals surface area contributed by atoms with Gasteiger partial charge in [0.15, 0.2) is 9.84 Å². The second-order valence-corrected chi connectivity index (χ2v) is 8.14. The quantitative estimate of drug-likeness (QED) is 0.799. The molecule has 120 valence electrons. The maximum absolute atomic E-state index is 12.4. The molecule has 0 spiro atoms. The lowest BCUT2D eigenvalue weighted by molar-refractivity contribution is -0.0498. The first kappa shape index (κ1) is 16.8. The van der Waals surface area contributed by atoms with Crippen LogP contribution in [0.25, 0.3) is 0 Å². The van der Waals surface area contributed by atoms with Gasteiger partial charge in [-0.05, 0) is 31.5 Å². The largest absolute Gasteiger partial charge is 0.435 e. The van der Waals surface area contributed by atoms with E-state index in [0.29, 0.717) is 11.3 Å². The highest BCUT2D eigenvalue weighted by Gasteiger charge is 2.24. The smallest absolute Gasteiger partial charge is 0.387 e. The second kappa shape index (κ2) is 6.70. The summed E-state index contributed by atoms with van der Waals surface area (Å²) < 4.78 is 53.2. The van der Waals surface area contributed by atoms with Crippen molar-refractivity contribution in [3.63, 3.8) is 0 Å². The van der Waals surface area contributed by atoms with Crippen molar-refractivity contribution in [3.8, 4) is 5.75 Å². The maximum Gasteiger partial charge on any atom is 0.387 e. The molecule has 0 saturated heterocycles. The van der Waals surface area contributed by atoms with Crippen LogP contribution < -0.4 is 4.74 Å². The Morgan fingerprint density at radius 2 is 1.91 bits per heavy atom. The van der Waals surface area contributed by atoms with Crippen molar-refractivity contribution >= 4 is 21.2 Å². The van der Waals surface area contributed by atoms with Gasteiger partial charge in [0.2, 0.25) is 0 Å². The van der Waals surface area contributed by atoms with Crippen molar-refractivity contribution in [2.24, 2.45) is 0 Å². The fourth-order valence-electron chi connectivity index (χ4n) is 1.93. The van der Waals surface area contributed by atoms with Crippen molar-refractivity contribution in [3.05, 3.63) is 45.9 Å². The van der Waals surface area contributed by atoms with Crippen LogP contribution in [-0.2, 0) is 15.6 Å². The number of aromatic nitrogens is 1. The van der Waals surface area contributed by atoms with E-state index in [0.717, 1.165) is 5.01 Å². The van der Waals surface area contributed by atoms with Gasteiger partial charge < -0.3 is 4.74 Å². The molecule has 1 aromatic carbocycles. The molecular weight excluding hydrogens is 332 g/mol. The molecule has 4 nitrogen and oxygen atoms in total. The van der Waals surface area contributed by atoms with E-state index in [1.165, 1.54) is 35.6 Å². The van der Waals surface area contributed by atoms with Crippen molar-refractivity contribution < 1.29 is 21.9 Å². The Balaban J connectivity index is 2.13. The Morgan fingerprint density at radius 1 is 1.27 bits per heavy atom. The zero-order chi connectivity index (χ0) is 16.3. The van der Waals surface area contributed by atoms with Gasteiger partial charge in [0.25, 0.3) is 0 Å². The first-order chi connectivity index (χ1) is 10.3. The first-order valence-corrected chi connectivity index (χ1v) is 9.05. The molecule has 0 fully saturated rings. The lowest BCUT2D eigenvalue weighted by Gasteiger charge is -2.13. The van der Waals surface area contributed by atoms with E-state index in [1.807, 2.05) is 6.92 Å². The van der Waals surface area contributed by atoms with Gasteiger partial charge >= 0.3 is 6.61 Å². The number of aryl methyl sites for hydroxylation is 1. The Labute approximate surface area is 131 Å². The molecule has 22 heavy (non-hydrogen) atoms. The minimum absolute atomic E-state index is 0.00141. The van der Waals surface area contributed by atoms with Crippen molar-refractivity contribution in [2.45, 2.75) is 31.5 Å². The van der Waals surface area contributed by atoms with Crippen LogP contribution >= 0.6 is 11.3 Å². The predicted molar refractivity (Wildman–Crippen MR) is 81.0 cm³/mol. The van der Waals surface area contributed by atoms with Crippen molar-refractivity contribution in [2.75, 3.05) is 0 Å². The minimum Gasteiger partial charge on any atom is -0.435 e. The van der Waals surface area contributed by atoms with Crippen LogP contribution in [0.4, 0.5) is 8.78 Å². The second-order valence-electron chi connectivity index (χ2n) is 4.75. The van der Waals surface area contributed by atoms with Crippen LogP contribution in [0.3, 0.4) is 0 Å². The van der Waals surface area contributed by atoms with Gasteiger partial charge in [-0.3, -0.25) is 0 Å². The summed E-state index contributed by atoms with van der Waals surface area (Å²) in [7, 11) is -3.43. The molecule has 0 radical (unpaired) electrons.